The lowest BCUT2D eigenvalue weighted by Crippen LogP contribution is -2.32. The molecule has 5 heteroatoms. The number of pyridine rings is 1. The van der Waals surface area contributed by atoms with E-state index in [1.54, 1.807) is 0 Å². The second kappa shape index (κ2) is 14.2. The second-order valence-corrected chi connectivity index (χ2v) is 9.49. The maximum Gasteiger partial charge on any atom is 0.134 e. The number of likely N-dealkylation sites (tertiary alicyclic amines) is 1. The van der Waals surface area contributed by atoms with Gasteiger partial charge in [-0.25, -0.2) is 4.98 Å². The van der Waals surface area contributed by atoms with Crippen LogP contribution in [0.4, 0.5) is 5.82 Å². The summed E-state index contributed by atoms with van der Waals surface area (Å²) in [5, 5.41) is 3.27. The number of hydrogen-bond donors (Lipinski definition) is 3. The molecule has 1 atom stereocenters. The molecule has 0 bridgehead atoms. The highest BCUT2D eigenvalue weighted by Gasteiger charge is 2.28. The number of fused-ring (bicyclic) bond motifs is 1. The molecule has 3 aromatic rings. The summed E-state index contributed by atoms with van der Waals surface area (Å²) >= 11 is 0. The summed E-state index contributed by atoms with van der Waals surface area (Å²) in [6.07, 6.45) is 5.10. The number of aromatic nitrogens is 1. The molecule has 1 fully saturated rings. The van der Waals surface area contributed by atoms with Gasteiger partial charge in [-0.2, -0.15) is 0 Å². The summed E-state index contributed by atoms with van der Waals surface area (Å²) in [4.78, 5) is 6.94. The first-order valence-electron chi connectivity index (χ1n) is 13.6. The van der Waals surface area contributed by atoms with Crippen molar-refractivity contribution in [2.24, 2.45) is 11.5 Å². The summed E-state index contributed by atoms with van der Waals surface area (Å²) in [6.45, 7) is 17.7. The van der Waals surface area contributed by atoms with Crippen molar-refractivity contribution in [3.05, 3.63) is 126 Å². The summed E-state index contributed by atoms with van der Waals surface area (Å²) in [7, 11) is 0. The van der Waals surface area contributed by atoms with Crippen molar-refractivity contribution in [3.8, 4) is 0 Å². The van der Waals surface area contributed by atoms with Gasteiger partial charge in [0.05, 0.1) is 17.4 Å². The number of aryl methyl sites for hydroxylation is 1. The van der Waals surface area contributed by atoms with E-state index >= 15 is 0 Å². The van der Waals surface area contributed by atoms with Gasteiger partial charge in [0.2, 0.25) is 0 Å². The Hall–Kier alpha value is -3.83. The number of nitrogens with zero attached hydrogens (tertiary/aromatic N) is 2. The summed E-state index contributed by atoms with van der Waals surface area (Å²) in [5.41, 5.74) is 20.1. The van der Waals surface area contributed by atoms with Crippen LogP contribution >= 0.6 is 0 Å². The predicted octanol–water partition coefficient (Wildman–Crippen LogP) is 6.62. The zero-order chi connectivity index (χ0) is 27.5. The highest BCUT2D eigenvalue weighted by Crippen LogP contribution is 2.31. The smallest absolute Gasteiger partial charge is 0.134 e. The molecular formula is C33H43N5. The van der Waals surface area contributed by atoms with E-state index in [1.807, 2.05) is 26.0 Å². The highest BCUT2D eigenvalue weighted by molar-refractivity contribution is 5.64. The van der Waals surface area contributed by atoms with Crippen LogP contribution in [-0.4, -0.2) is 22.5 Å². The number of allylic oxidation sites excluding steroid dienone is 1. The Kier molecular flexibility index (Phi) is 10.7. The van der Waals surface area contributed by atoms with E-state index in [0.717, 1.165) is 61.6 Å². The molecule has 1 unspecified atom stereocenters. The fraction of sp³-hybridized carbons (Fsp3) is 0.303. The maximum atomic E-state index is 5.91. The quantitative estimate of drug-likeness (QED) is 0.348. The lowest BCUT2D eigenvalue weighted by molar-refractivity contribution is 0.407. The van der Waals surface area contributed by atoms with Gasteiger partial charge >= 0.3 is 0 Å². The first-order valence-corrected chi connectivity index (χ1v) is 13.6. The van der Waals surface area contributed by atoms with Crippen LogP contribution in [-0.2, 0) is 19.4 Å². The van der Waals surface area contributed by atoms with Crippen LogP contribution in [0, 0.1) is 0 Å². The topological polar surface area (TPSA) is 80.2 Å². The van der Waals surface area contributed by atoms with E-state index < -0.39 is 0 Å². The maximum absolute atomic E-state index is 5.91. The lowest BCUT2D eigenvalue weighted by Gasteiger charge is -2.29. The number of rotatable bonds is 6. The van der Waals surface area contributed by atoms with Crippen LogP contribution in [0.25, 0.3) is 5.70 Å². The normalized spacial score (nSPS) is 15.7. The molecule has 0 saturated carbocycles. The third-order valence-corrected chi connectivity index (χ3v) is 6.80. The zero-order valence-corrected chi connectivity index (χ0v) is 23.0. The van der Waals surface area contributed by atoms with Crippen molar-refractivity contribution in [1.29, 1.82) is 0 Å². The summed E-state index contributed by atoms with van der Waals surface area (Å²) < 4.78 is 0. The van der Waals surface area contributed by atoms with Crippen LogP contribution in [0.1, 0.15) is 61.1 Å². The van der Waals surface area contributed by atoms with Crippen LogP contribution in [0.3, 0.4) is 0 Å². The monoisotopic (exact) mass is 509 g/mol. The van der Waals surface area contributed by atoms with E-state index in [4.69, 9.17) is 16.5 Å². The van der Waals surface area contributed by atoms with Crippen molar-refractivity contribution >= 4 is 11.5 Å². The minimum absolute atomic E-state index is 0.179. The van der Waals surface area contributed by atoms with E-state index in [9.17, 15) is 0 Å². The van der Waals surface area contributed by atoms with Crippen LogP contribution in [0.5, 0.6) is 0 Å². The van der Waals surface area contributed by atoms with E-state index in [2.05, 4.69) is 84.6 Å². The van der Waals surface area contributed by atoms with Crippen molar-refractivity contribution in [3.63, 3.8) is 0 Å². The molecule has 0 aliphatic carbocycles. The third kappa shape index (κ3) is 7.59. The fourth-order valence-corrected chi connectivity index (χ4v) is 4.72. The van der Waals surface area contributed by atoms with E-state index in [1.165, 1.54) is 22.3 Å². The Morgan fingerprint density at radius 3 is 2.26 bits per heavy atom. The number of nitrogens with two attached hydrogens (primary N) is 2. The van der Waals surface area contributed by atoms with Crippen LogP contribution in [0.2, 0.25) is 0 Å². The van der Waals surface area contributed by atoms with Gasteiger partial charge in [0, 0.05) is 24.5 Å². The van der Waals surface area contributed by atoms with Crippen molar-refractivity contribution < 1.29 is 0 Å². The van der Waals surface area contributed by atoms with Gasteiger partial charge in [-0.15, -0.1) is 0 Å². The number of nitrogens with one attached hydrogen (secondary N) is 1. The molecule has 0 radical (unpaired) electrons. The Labute approximate surface area is 229 Å². The molecule has 200 valence electrons. The molecule has 5 rings (SSSR count). The molecule has 38 heavy (non-hydrogen) atoms. The van der Waals surface area contributed by atoms with Gasteiger partial charge in [-0.3, -0.25) is 0 Å². The van der Waals surface area contributed by atoms with Crippen molar-refractivity contribution in [2.45, 2.75) is 58.5 Å². The largest absolute Gasteiger partial charge is 0.401 e. The average molecular weight is 510 g/mol. The number of anilines is 1. The Morgan fingerprint density at radius 2 is 1.61 bits per heavy atom. The summed E-state index contributed by atoms with van der Waals surface area (Å²) in [5.74, 6) is 0.909. The van der Waals surface area contributed by atoms with Gasteiger partial charge in [0.25, 0.3) is 0 Å². The molecule has 2 aliphatic heterocycles. The van der Waals surface area contributed by atoms with Crippen molar-refractivity contribution in [2.75, 3.05) is 11.9 Å². The van der Waals surface area contributed by atoms with E-state index in [-0.39, 0.29) is 6.04 Å². The number of benzene rings is 2. The minimum atomic E-state index is 0.179. The Bertz CT molecular complexity index is 1210. The fourth-order valence-electron chi connectivity index (χ4n) is 4.72. The molecule has 0 amide bonds. The average Bonchev–Trinajstić information content (AvgIpc) is 3.45. The van der Waals surface area contributed by atoms with Crippen molar-refractivity contribution in [1.82, 2.24) is 9.88 Å². The van der Waals surface area contributed by atoms with Gasteiger partial charge in [0.15, 0.2) is 0 Å². The van der Waals surface area contributed by atoms with Gasteiger partial charge < -0.3 is 21.7 Å². The second-order valence-electron chi connectivity index (χ2n) is 9.49. The molecule has 5 N–H and O–H groups in total. The highest BCUT2D eigenvalue weighted by atomic mass is 15.2. The Morgan fingerprint density at radius 1 is 0.947 bits per heavy atom. The summed E-state index contributed by atoms with van der Waals surface area (Å²) in [6, 6.07) is 23.3. The first kappa shape index (κ1) is 28.7. The van der Waals surface area contributed by atoms with Crippen LogP contribution < -0.4 is 16.8 Å². The minimum Gasteiger partial charge on any atom is -0.401 e. The zero-order valence-electron chi connectivity index (χ0n) is 23.0. The molecule has 1 aromatic heterocycles. The molecule has 1 saturated heterocycles. The van der Waals surface area contributed by atoms with Gasteiger partial charge in [0.1, 0.15) is 5.82 Å². The first-order chi connectivity index (χ1) is 18.4. The van der Waals surface area contributed by atoms with Gasteiger partial charge in [-0.05, 0) is 60.4 Å². The molecular weight excluding hydrogens is 466 g/mol. The Balaban J connectivity index is 0.000000208. The standard InChI is InChI=1S/C17H22N4.C14H15N.C2H6/c1-11-6-7-14-8-9-15(20-17(14)19-11)13(3)21-10-4-5-16(21)12(2)18;15-11-14-8-6-13(7-9-14)10-12-4-2-1-3-5-12;1-2/h8-9,16H,1-7,10,18H2,(H,19,20);1-9H,10-11,15H2;1-2H3. The molecule has 3 heterocycles. The van der Waals surface area contributed by atoms with Crippen LogP contribution in [0.15, 0.2) is 97.9 Å². The van der Waals surface area contributed by atoms with E-state index in [0.29, 0.717) is 12.2 Å². The number of hydrogen-bond acceptors (Lipinski definition) is 5. The lowest BCUT2D eigenvalue weighted by atomic mass is 10.0. The third-order valence-electron chi connectivity index (χ3n) is 6.80. The molecule has 2 aliphatic rings. The predicted molar refractivity (Wildman–Crippen MR) is 162 cm³/mol. The molecule has 2 aromatic carbocycles. The molecule has 0 spiro atoms. The molecule has 5 nitrogen and oxygen atoms in total. The SMILES string of the molecule is C=C1CCc2ccc(C(=C)N3CCCC3C(=C)N)nc2N1.CC.NCc1ccc(Cc2ccccc2)cc1. The van der Waals surface area contributed by atoms with Gasteiger partial charge in [-0.1, -0.05) is 94.2 Å².